The van der Waals surface area contributed by atoms with Gasteiger partial charge >= 0.3 is 0 Å². The number of hydrogen-bond donors (Lipinski definition) is 1. The van der Waals surface area contributed by atoms with Crippen LogP contribution in [-0.4, -0.2) is 54.1 Å². The van der Waals surface area contributed by atoms with Crippen LogP contribution in [0.4, 0.5) is 5.82 Å². The molecule has 0 bridgehead atoms. The number of amides is 1. The van der Waals surface area contributed by atoms with Crippen LogP contribution in [0, 0.1) is 25.2 Å². The second-order valence-electron chi connectivity index (χ2n) is 6.81. The Hall–Kier alpha value is -1.84. The van der Waals surface area contributed by atoms with Gasteiger partial charge in [-0.2, -0.15) is 5.26 Å². The van der Waals surface area contributed by atoms with Crippen LogP contribution in [0.15, 0.2) is 0 Å². The highest BCUT2D eigenvalue weighted by Crippen LogP contribution is 2.29. The van der Waals surface area contributed by atoms with Gasteiger partial charge in [0.15, 0.2) is 0 Å². The SMILES string of the molecule is Cc1nc(N2CCN(C(C)C(=O)NC(C)C)CC2)c(C#N)c(C)c1Cl. The van der Waals surface area contributed by atoms with Crippen molar-refractivity contribution in [2.75, 3.05) is 31.1 Å². The average molecular weight is 364 g/mol. The zero-order valence-corrected chi connectivity index (χ0v) is 16.3. The average Bonchev–Trinajstić information content (AvgIpc) is 2.58. The highest BCUT2D eigenvalue weighted by Gasteiger charge is 2.28. The summed E-state index contributed by atoms with van der Waals surface area (Å²) in [6.07, 6.45) is 0. The Morgan fingerprint density at radius 1 is 1.24 bits per heavy atom. The number of piperazine rings is 1. The minimum Gasteiger partial charge on any atom is -0.353 e. The van der Waals surface area contributed by atoms with Crippen molar-refractivity contribution >= 4 is 23.3 Å². The fourth-order valence-corrected chi connectivity index (χ4v) is 3.20. The van der Waals surface area contributed by atoms with Gasteiger partial charge in [-0.3, -0.25) is 9.69 Å². The predicted molar refractivity (Wildman–Crippen MR) is 100.0 cm³/mol. The van der Waals surface area contributed by atoms with Crippen LogP contribution >= 0.6 is 11.6 Å². The molecule has 6 nitrogen and oxygen atoms in total. The van der Waals surface area contributed by atoms with E-state index in [9.17, 15) is 10.1 Å². The van der Waals surface area contributed by atoms with Crippen LogP contribution in [-0.2, 0) is 4.79 Å². The van der Waals surface area contributed by atoms with Gasteiger partial charge in [0.1, 0.15) is 11.9 Å². The van der Waals surface area contributed by atoms with E-state index < -0.39 is 0 Å². The van der Waals surface area contributed by atoms with Gasteiger partial charge in [0, 0.05) is 32.2 Å². The van der Waals surface area contributed by atoms with E-state index in [1.807, 2.05) is 34.6 Å². The molecular formula is C18H26ClN5O. The minimum absolute atomic E-state index is 0.0532. The van der Waals surface area contributed by atoms with Crippen LogP contribution in [0.3, 0.4) is 0 Å². The number of nitrogens with one attached hydrogen (secondary N) is 1. The molecule has 0 aromatic carbocycles. The van der Waals surface area contributed by atoms with E-state index in [0.717, 1.165) is 37.4 Å². The molecular weight excluding hydrogens is 338 g/mol. The van der Waals surface area contributed by atoms with E-state index in [2.05, 4.69) is 26.2 Å². The largest absolute Gasteiger partial charge is 0.353 e. The van der Waals surface area contributed by atoms with Gasteiger partial charge in [-0.15, -0.1) is 0 Å². The van der Waals surface area contributed by atoms with Crippen molar-refractivity contribution in [1.29, 1.82) is 5.26 Å². The third-order valence-corrected chi connectivity index (χ3v) is 5.16. The Kier molecular flexibility index (Phi) is 6.26. The zero-order chi connectivity index (χ0) is 18.7. The van der Waals surface area contributed by atoms with Gasteiger partial charge in [0.2, 0.25) is 5.91 Å². The summed E-state index contributed by atoms with van der Waals surface area (Å²) < 4.78 is 0. The molecule has 1 saturated heterocycles. The Morgan fingerprint density at radius 3 is 2.36 bits per heavy atom. The second kappa shape index (κ2) is 8.03. The summed E-state index contributed by atoms with van der Waals surface area (Å²) in [5, 5.41) is 13.0. The van der Waals surface area contributed by atoms with Gasteiger partial charge in [0.05, 0.1) is 22.3 Å². The van der Waals surface area contributed by atoms with Crippen LogP contribution in [0.25, 0.3) is 0 Å². The number of nitrogens with zero attached hydrogens (tertiary/aromatic N) is 4. The molecule has 0 radical (unpaired) electrons. The number of aryl methyl sites for hydroxylation is 1. The first-order chi connectivity index (χ1) is 11.8. The van der Waals surface area contributed by atoms with Crippen molar-refractivity contribution in [3.63, 3.8) is 0 Å². The molecule has 1 aliphatic heterocycles. The lowest BCUT2D eigenvalue weighted by atomic mass is 10.1. The molecule has 1 amide bonds. The van der Waals surface area contributed by atoms with Crippen molar-refractivity contribution in [2.24, 2.45) is 0 Å². The Bertz CT molecular complexity index is 690. The summed E-state index contributed by atoms with van der Waals surface area (Å²) in [5.41, 5.74) is 2.05. The molecule has 136 valence electrons. The van der Waals surface area contributed by atoms with Crippen molar-refractivity contribution in [3.05, 3.63) is 21.8 Å². The lowest BCUT2D eigenvalue weighted by Crippen LogP contribution is -2.54. The molecule has 1 atom stereocenters. The summed E-state index contributed by atoms with van der Waals surface area (Å²) >= 11 is 6.23. The molecule has 2 rings (SSSR count). The highest BCUT2D eigenvalue weighted by atomic mass is 35.5. The molecule has 1 aromatic rings. The number of carbonyl (C=O) groups is 1. The molecule has 0 spiro atoms. The van der Waals surface area contributed by atoms with E-state index in [-0.39, 0.29) is 18.0 Å². The number of pyridine rings is 1. The van der Waals surface area contributed by atoms with E-state index in [4.69, 9.17) is 11.6 Å². The van der Waals surface area contributed by atoms with Crippen molar-refractivity contribution in [1.82, 2.24) is 15.2 Å². The number of halogens is 1. The molecule has 1 aromatic heterocycles. The highest BCUT2D eigenvalue weighted by molar-refractivity contribution is 6.32. The molecule has 1 fully saturated rings. The lowest BCUT2D eigenvalue weighted by molar-refractivity contribution is -0.126. The normalized spacial score (nSPS) is 16.6. The Morgan fingerprint density at radius 2 is 1.84 bits per heavy atom. The predicted octanol–water partition coefficient (Wildman–Crippen LogP) is 2.26. The third-order valence-electron chi connectivity index (χ3n) is 4.60. The van der Waals surface area contributed by atoms with Gasteiger partial charge in [-0.1, -0.05) is 11.6 Å². The Balaban J connectivity index is 2.11. The number of rotatable bonds is 4. The number of hydrogen-bond acceptors (Lipinski definition) is 5. The number of aromatic nitrogens is 1. The first kappa shape index (κ1) is 19.5. The maximum Gasteiger partial charge on any atom is 0.237 e. The lowest BCUT2D eigenvalue weighted by Gasteiger charge is -2.38. The first-order valence-electron chi connectivity index (χ1n) is 8.62. The third kappa shape index (κ3) is 4.23. The minimum atomic E-state index is -0.165. The van der Waals surface area contributed by atoms with Gasteiger partial charge in [-0.25, -0.2) is 4.98 Å². The van der Waals surface area contributed by atoms with Gasteiger partial charge in [0.25, 0.3) is 0 Å². The Labute approximate surface area is 154 Å². The summed E-state index contributed by atoms with van der Waals surface area (Å²) in [6.45, 7) is 12.5. The zero-order valence-electron chi connectivity index (χ0n) is 15.6. The molecule has 25 heavy (non-hydrogen) atoms. The molecule has 1 unspecified atom stereocenters. The molecule has 1 N–H and O–H groups in total. The maximum absolute atomic E-state index is 12.2. The number of anilines is 1. The van der Waals surface area contributed by atoms with E-state index in [1.165, 1.54) is 0 Å². The van der Waals surface area contributed by atoms with Crippen molar-refractivity contribution in [2.45, 2.75) is 46.7 Å². The quantitative estimate of drug-likeness (QED) is 0.888. The van der Waals surface area contributed by atoms with E-state index in [1.54, 1.807) is 0 Å². The topological polar surface area (TPSA) is 72.3 Å². The smallest absolute Gasteiger partial charge is 0.237 e. The summed E-state index contributed by atoms with van der Waals surface area (Å²) in [5.74, 6) is 0.748. The van der Waals surface area contributed by atoms with Gasteiger partial charge in [-0.05, 0) is 40.2 Å². The molecule has 7 heteroatoms. The summed E-state index contributed by atoms with van der Waals surface area (Å²) in [6, 6.07) is 2.21. The molecule has 1 aliphatic rings. The van der Waals surface area contributed by atoms with E-state index in [0.29, 0.717) is 16.4 Å². The maximum atomic E-state index is 12.2. The van der Waals surface area contributed by atoms with Crippen molar-refractivity contribution < 1.29 is 4.79 Å². The molecule has 0 aliphatic carbocycles. The molecule has 0 saturated carbocycles. The van der Waals surface area contributed by atoms with E-state index >= 15 is 0 Å². The second-order valence-corrected chi connectivity index (χ2v) is 7.19. The fraction of sp³-hybridized carbons (Fsp3) is 0.611. The van der Waals surface area contributed by atoms with Crippen molar-refractivity contribution in [3.8, 4) is 6.07 Å². The standard InChI is InChI=1S/C18H26ClN5O/c1-11(2)21-18(25)14(5)23-6-8-24(9-7-23)17-15(10-20)12(3)16(19)13(4)22-17/h11,14H,6-9H2,1-5H3,(H,21,25). The van der Waals surface area contributed by atoms with Crippen LogP contribution in [0.5, 0.6) is 0 Å². The van der Waals surface area contributed by atoms with Crippen LogP contribution in [0.1, 0.15) is 37.6 Å². The number of nitriles is 1. The van der Waals surface area contributed by atoms with Gasteiger partial charge < -0.3 is 10.2 Å². The fourth-order valence-electron chi connectivity index (χ4n) is 3.07. The summed E-state index contributed by atoms with van der Waals surface area (Å²) in [7, 11) is 0. The summed E-state index contributed by atoms with van der Waals surface area (Å²) in [4.78, 5) is 21.0. The first-order valence-corrected chi connectivity index (χ1v) is 9.00. The molecule has 2 heterocycles. The van der Waals surface area contributed by atoms with Crippen LogP contribution in [0.2, 0.25) is 5.02 Å². The monoisotopic (exact) mass is 363 g/mol. The van der Waals surface area contributed by atoms with Crippen LogP contribution < -0.4 is 10.2 Å². The number of carbonyl (C=O) groups excluding carboxylic acids is 1.